The standard InChI is InChI=1S/C28H34N6O2/c1-32-13-9-15-33(17-16-32)28-30-21-18-23(35-2)26(36-3)25(24(21)27(29)31-28)22-12-7-8-14-34(22)19-20-10-5-4-6-11-20/h4-6,10-11,18,22H,9,12-17,19H2,1-3H3,(H2,29,30,31). The summed E-state index contributed by atoms with van der Waals surface area (Å²) >= 11 is 0. The normalized spacial score (nSPS) is 19.0. The first-order valence-corrected chi connectivity index (χ1v) is 12.5. The van der Waals surface area contributed by atoms with Gasteiger partial charge in [-0.2, -0.15) is 4.98 Å². The molecule has 8 nitrogen and oxygen atoms in total. The van der Waals surface area contributed by atoms with Gasteiger partial charge in [0, 0.05) is 44.2 Å². The fraction of sp³-hybridized carbons (Fsp3) is 0.429. The second-order valence-electron chi connectivity index (χ2n) is 9.44. The first kappa shape index (κ1) is 24.2. The van der Waals surface area contributed by atoms with E-state index in [-0.39, 0.29) is 6.04 Å². The van der Waals surface area contributed by atoms with Gasteiger partial charge in [-0.1, -0.05) is 42.2 Å². The maximum Gasteiger partial charge on any atom is 0.227 e. The molecular formula is C28H34N6O2. The summed E-state index contributed by atoms with van der Waals surface area (Å²) in [7, 11) is 5.48. The molecule has 1 unspecified atom stereocenters. The molecular weight excluding hydrogens is 452 g/mol. The van der Waals surface area contributed by atoms with Crippen LogP contribution in [0, 0.1) is 11.8 Å². The second kappa shape index (κ2) is 10.6. The van der Waals surface area contributed by atoms with Crippen molar-refractivity contribution in [1.82, 2.24) is 19.8 Å². The zero-order valence-electron chi connectivity index (χ0n) is 21.3. The summed E-state index contributed by atoms with van der Waals surface area (Å²) in [4.78, 5) is 16.7. The molecule has 5 rings (SSSR count). The minimum absolute atomic E-state index is 0.0393. The van der Waals surface area contributed by atoms with Gasteiger partial charge in [0.15, 0.2) is 11.5 Å². The molecule has 0 aliphatic carbocycles. The van der Waals surface area contributed by atoms with Crippen molar-refractivity contribution in [2.45, 2.75) is 25.4 Å². The van der Waals surface area contributed by atoms with Gasteiger partial charge in [-0.15, -0.1) is 0 Å². The van der Waals surface area contributed by atoms with E-state index in [1.54, 1.807) is 14.2 Å². The van der Waals surface area contributed by atoms with Crippen LogP contribution in [0.5, 0.6) is 11.5 Å². The van der Waals surface area contributed by atoms with Crippen LogP contribution in [-0.4, -0.2) is 73.8 Å². The summed E-state index contributed by atoms with van der Waals surface area (Å²) in [6.45, 7) is 5.22. The molecule has 36 heavy (non-hydrogen) atoms. The van der Waals surface area contributed by atoms with Crippen LogP contribution in [0.4, 0.5) is 11.8 Å². The molecule has 2 N–H and O–H groups in total. The van der Waals surface area contributed by atoms with Gasteiger partial charge < -0.3 is 25.0 Å². The van der Waals surface area contributed by atoms with E-state index in [9.17, 15) is 0 Å². The molecule has 1 atom stereocenters. The Labute approximate surface area is 213 Å². The molecule has 1 saturated heterocycles. The zero-order valence-corrected chi connectivity index (χ0v) is 21.3. The number of fused-ring (bicyclic) bond motifs is 1. The topological polar surface area (TPSA) is 80.0 Å². The van der Waals surface area contributed by atoms with Gasteiger partial charge in [-0.05, 0) is 25.6 Å². The first-order valence-electron chi connectivity index (χ1n) is 12.5. The van der Waals surface area contributed by atoms with Gasteiger partial charge in [0.25, 0.3) is 0 Å². The molecule has 2 aromatic carbocycles. The SMILES string of the molecule is COc1cc2nc(N3CCCN(C)CC3)nc(N)c2c(C2CC#CCN2Cc2ccccc2)c1OC. The van der Waals surface area contributed by atoms with Crippen LogP contribution in [0.25, 0.3) is 10.9 Å². The lowest BCUT2D eigenvalue weighted by Crippen LogP contribution is -2.32. The van der Waals surface area contributed by atoms with Crippen LogP contribution >= 0.6 is 0 Å². The molecule has 0 bridgehead atoms. The van der Waals surface area contributed by atoms with E-state index in [1.807, 2.05) is 12.1 Å². The number of likely N-dealkylation sites (N-methyl/N-ethyl adjacent to an activating group) is 1. The number of methoxy groups -OCH3 is 2. The third-order valence-electron chi connectivity index (χ3n) is 7.09. The Morgan fingerprint density at radius 1 is 1.03 bits per heavy atom. The van der Waals surface area contributed by atoms with E-state index in [1.165, 1.54) is 5.56 Å². The largest absolute Gasteiger partial charge is 0.493 e. The fourth-order valence-electron chi connectivity index (χ4n) is 5.20. The molecule has 0 spiro atoms. The van der Waals surface area contributed by atoms with Crippen molar-refractivity contribution in [3.8, 4) is 23.3 Å². The smallest absolute Gasteiger partial charge is 0.227 e. The fourth-order valence-corrected chi connectivity index (χ4v) is 5.20. The molecule has 188 valence electrons. The minimum Gasteiger partial charge on any atom is -0.493 e. The predicted octanol–water partition coefficient (Wildman–Crippen LogP) is 3.32. The van der Waals surface area contributed by atoms with Crippen LogP contribution in [0.2, 0.25) is 0 Å². The number of ether oxygens (including phenoxy) is 2. The Morgan fingerprint density at radius 3 is 2.64 bits per heavy atom. The number of nitrogens with zero attached hydrogens (tertiary/aromatic N) is 5. The van der Waals surface area contributed by atoms with Gasteiger partial charge in [-0.3, -0.25) is 4.90 Å². The quantitative estimate of drug-likeness (QED) is 0.532. The number of benzene rings is 2. The summed E-state index contributed by atoms with van der Waals surface area (Å²) in [5.41, 5.74) is 9.65. The molecule has 3 aromatic rings. The highest BCUT2D eigenvalue weighted by molar-refractivity contribution is 5.96. The highest BCUT2D eigenvalue weighted by atomic mass is 16.5. The predicted molar refractivity (Wildman–Crippen MR) is 143 cm³/mol. The lowest BCUT2D eigenvalue weighted by Gasteiger charge is -2.33. The van der Waals surface area contributed by atoms with Crippen molar-refractivity contribution in [3.05, 3.63) is 47.5 Å². The summed E-state index contributed by atoms with van der Waals surface area (Å²) in [5, 5.41) is 0.815. The number of hydrogen-bond acceptors (Lipinski definition) is 8. The third-order valence-corrected chi connectivity index (χ3v) is 7.09. The first-order chi connectivity index (χ1) is 17.6. The summed E-state index contributed by atoms with van der Waals surface area (Å²) in [6.07, 6.45) is 1.72. The Hall–Kier alpha value is -3.54. The van der Waals surface area contributed by atoms with E-state index in [0.29, 0.717) is 36.2 Å². The van der Waals surface area contributed by atoms with Gasteiger partial charge in [0.05, 0.1) is 37.7 Å². The molecule has 0 amide bonds. The maximum absolute atomic E-state index is 6.71. The second-order valence-corrected chi connectivity index (χ2v) is 9.44. The molecule has 1 aromatic heterocycles. The molecule has 3 heterocycles. The highest BCUT2D eigenvalue weighted by Gasteiger charge is 2.31. The van der Waals surface area contributed by atoms with E-state index in [0.717, 1.165) is 55.6 Å². The van der Waals surface area contributed by atoms with Crippen molar-refractivity contribution in [1.29, 1.82) is 0 Å². The summed E-state index contributed by atoms with van der Waals surface area (Å²) in [6, 6.07) is 12.3. The Balaban J connectivity index is 1.63. The van der Waals surface area contributed by atoms with E-state index in [2.05, 4.69) is 57.9 Å². The Bertz CT molecular complexity index is 1290. The van der Waals surface area contributed by atoms with Crippen molar-refractivity contribution in [2.75, 3.05) is 64.6 Å². The monoisotopic (exact) mass is 486 g/mol. The number of aromatic nitrogens is 2. The highest BCUT2D eigenvalue weighted by Crippen LogP contribution is 2.46. The van der Waals surface area contributed by atoms with Crippen LogP contribution in [0.15, 0.2) is 36.4 Å². The lowest BCUT2D eigenvalue weighted by molar-refractivity contribution is 0.206. The average molecular weight is 487 g/mol. The zero-order chi connectivity index (χ0) is 25.1. The number of anilines is 2. The van der Waals surface area contributed by atoms with Crippen LogP contribution in [0.1, 0.15) is 30.0 Å². The number of hydrogen-bond donors (Lipinski definition) is 1. The van der Waals surface area contributed by atoms with E-state index < -0.39 is 0 Å². The molecule has 8 heteroatoms. The summed E-state index contributed by atoms with van der Waals surface area (Å²) in [5.74, 6) is 9.01. The lowest BCUT2D eigenvalue weighted by atomic mass is 9.94. The van der Waals surface area contributed by atoms with E-state index >= 15 is 0 Å². The molecule has 0 saturated carbocycles. The van der Waals surface area contributed by atoms with Crippen LogP contribution < -0.4 is 20.1 Å². The average Bonchev–Trinajstić information content (AvgIpc) is 3.12. The Morgan fingerprint density at radius 2 is 1.86 bits per heavy atom. The van der Waals surface area contributed by atoms with Crippen LogP contribution in [0.3, 0.4) is 0 Å². The number of nitrogen functional groups attached to an aromatic ring is 1. The molecule has 1 fully saturated rings. The Kier molecular flexibility index (Phi) is 7.12. The summed E-state index contributed by atoms with van der Waals surface area (Å²) < 4.78 is 11.7. The van der Waals surface area contributed by atoms with E-state index in [4.69, 9.17) is 25.2 Å². The van der Waals surface area contributed by atoms with Crippen molar-refractivity contribution < 1.29 is 9.47 Å². The van der Waals surface area contributed by atoms with Crippen molar-refractivity contribution in [2.24, 2.45) is 0 Å². The third kappa shape index (κ3) is 4.77. The van der Waals surface area contributed by atoms with Crippen molar-refractivity contribution in [3.63, 3.8) is 0 Å². The number of rotatable bonds is 6. The van der Waals surface area contributed by atoms with Crippen LogP contribution in [-0.2, 0) is 6.54 Å². The molecule has 0 radical (unpaired) electrons. The van der Waals surface area contributed by atoms with Gasteiger partial charge in [0.2, 0.25) is 5.95 Å². The number of nitrogens with two attached hydrogens (primary N) is 1. The molecule has 2 aliphatic rings. The minimum atomic E-state index is -0.0393. The van der Waals surface area contributed by atoms with Gasteiger partial charge in [0.1, 0.15) is 5.82 Å². The van der Waals surface area contributed by atoms with Gasteiger partial charge >= 0.3 is 0 Å². The van der Waals surface area contributed by atoms with Gasteiger partial charge in [-0.25, -0.2) is 4.98 Å². The van der Waals surface area contributed by atoms with Crippen molar-refractivity contribution >= 4 is 22.7 Å². The maximum atomic E-state index is 6.71. The molecule has 2 aliphatic heterocycles.